The summed E-state index contributed by atoms with van der Waals surface area (Å²) in [5, 5.41) is 19.4. The summed E-state index contributed by atoms with van der Waals surface area (Å²) < 4.78 is 5.40. The number of aliphatic carboxylic acids is 1. The maximum Gasteiger partial charge on any atom is 0.411 e. The Kier molecular flexibility index (Phi) is 4.54. The van der Waals surface area contributed by atoms with Crippen LogP contribution >= 0.6 is 0 Å². The number of carbonyl (C=O) groups excluding carboxylic acids is 1. The van der Waals surface area contributed by atoms with Gasteiger partial charge in [-0.05, 0) is 56.9 Å². The molecule has 0 fully saturated rings. The van der Waals surface area contributed by atoms with Crippen LogP contribution in [-0.4, -0.2) is 38.8 Å². The third-order valence-electron chi connectivity index (χ3n) is 3.86. The fraction of sp³-hybridized carbons (Fsp3) is 0.529. The van der Waals surface area contributed by atoms with Gasteiger partial charge in [-0.3, -0.25) is 4.90 Å². The molecule has 0 aromatic heterocycles. The first kappa shape index (κ1) is 17.1. The standard InChI is InChI=1S/C17H23NO5/c1-5-11-8-10-6-7-12(19)9-13(10)14(15(20)21)18(11)16(22)23-17(2,3)4/h6-7,9,11,14,19H,5,8H2,1-4H3,(H,20,21)/t11-,14?/m0/s1. The Labute approximate surface area is 135 Å². The van der Waals surface area contributed by atoms with E-state index in [1.807, 2.05) is 6.92 Å². The average Bonchev–Trinajstić information content (AvgIpc) is 2.42. The molecule has 1 aliphatic rings. The van der Waals surface area contributed by atoms with E-state index in [0.29, 0.717) is 18.4 Å². The van der Waals surface area contributed by atoms with Crippen LogP contribution in [-0.2, 0) is 16.0 Å². The van der Waals surface area contributed by atoms with Crippen molar-refractivity contribution < 1.29 is 24.5 Å². The highest BCUT2D eigenvalue weighted by Crippen LogP contribution is 2.37. The quantitative estimate of drug-likeness (QED) is 0.874. The third kappa shape index (κ3) is 3.57. The second-order valence-electron chi connectivity index (χ2n) is 6.78. The van der Waals surface area contributed by atoms with Gasteiger partial charge in [0.25, 0.3) is 0 Å². The third-order valence-corrected chi connectivity index (χ3v) is 3.86. The van der Waals surface area contributed by atoms with Gasteiger partial charge >= 0.3 is 12.1 Å². The Hall–Kier alpha value is -2.24. The highest BCUT2D eigenvalue weighted by Gasteiger charge is 2.42. The monoisotopic (exact) mass is 321 g/mol. The largest absolute Gasteiger partial charge is 0.508 e. The van der Waals surface area contributed by atoms with Crippen molar-refractivity contribution in [2.24, 2.45) is 0 Å². The van der Waals surface area contributed by atoms with Gasteiger partial charge in [0.2, 0.25) is 0 Å². The van der Waals surface area contributed by atoms with E-state index in [1.165, 1.54) is 17.0 Å². The van der Waals surface area contributed by atoms with Crippen molar-refractivity contribution in [1.29, 1.82) is 0 Å². The predicted octanol–water partition coefficient (Wildman–Crippen LogP) is 3.09. The van der Waals surface area contributed by atoms with Crippen LogP contribution in [0.15, 0.2) is 18.2 Å². The number of amides is 1. The minimum Gasteiger partial charge on any atom is -0.508 e. The smallest absolute Gasteiger partial charge is 0.411 e. The molecule has 1 aromatic carbocycles. The van der Waals surface area contributed by atoms with Gasteiger partial charge in [0.05, 0.1) is 0 Å². The normalized spacial score (nSPS) is 20.8. The number of benzene rings is 1. The molecule has 1 unspecified atom stereocenters. The number of ether oxygens (including phenoxy) is 1. The molecule has 1 aliphatic heterocycles. The minimum atomic E-state index is -1.16. The lowest BCUT2D eigenvalue weighted by Crippen LogP contribution is -2.51. The molecule has 126 valence electrons. The van der Waals surface area contributed by atoms with E-state index < -0.39 is 23.7 Å². The lowest BCUT2D eigenvalue weighted by atomic mass is 9.87. The van der Waals surface area contributed by atoms with E-state index in [4.69, 9.17) is 4.74 Å². The molecule has 0 saturated heterocycles. The van der Waals surface area contributed by atoms with Crippen molar-refractivity contribution in [3.05, 3.63) is 29.3 Å². The van der Waals surface area contributed by atoms with Crippen LogP contribution in [0.4, 0.5) is 4.79 Å². The van der Waals surface area contributed by atoms with Gasteiger partial charge in [-0.2, -0.15) is 0 Å². The summed E-state index contributed by atoms with van der Waals surface area (Å²) in [6, 6.07) is 3.24. The van der Waals surface area contributed by atoms with Crippen LogP contribution in [0.1, 0.15) is 51.3 Å². The van der Waals surface area contributed by atoms with Crippen molar-refractivity contribution in [3.63, 3.8) is 0 Å². The molecule has 2 N–H and O–H groups in total. The van der Waals surface area contributed by atoms with Gasteiger partial charge in [-0.25, -0.2) is 9.59 Å². The number of fused-ring (bicyclic) bond motifs is 1. The fourth-order valence-corrected chi connectivity index (χ4v) is 2.90. The maximum absolute atomic E-state index is 12.6. The molecule has 23 heavy (non-hydrogen) atoms. The van der Waals surface area contributed by atoms with Crippen molar-refractivity contribution >= 4 is 12.1 Å². The summed E-state index contributed by atoms with van der Waals surface area (Å²) in [6.45, 7) is 7.13. The van der Waals surface area contributed by atoms with E-state index in [1.54, 1.807) is 26.8 Å². The SMILES string of the molecule is CC[C@H]1Cc2ccc(O)cc2C(C(=O)O)N1C(=O)OC(C)(C)C. The minimum absolute atomic E-state index is 0.0194. The zero-order valence-electron chi connectivity index (χ0n) is 13.9. The number of rotatable bonds is 2. The number of nitrogens with zero attached hydrogens (tertiary/aromatic N) is 1. The molecule has 0 saturated carbocycles. The van der Waals surface area contributed by atoms with Crippen LogP contribution in [0.25, 0.3) is 0 Å². The molecule has 0 aliphatic carbocycles. The lowest BCUT2D eigenvalue weighted by molar-refractivity contribution is -0.145. The summed E-state index contributed by atoms with van der Waals surface area (Å²) in [5.74, 6) is -1.16. The van der Waals surface area contributed by atoms with Crippen molar-refractivity contribution in [1.82, 2.24) is 4.90 Å². The van der Waals surface area contributed by atoms with E-state index in [-0.39, 0.29) is 11.8 Å². The first-order valence-corrected chi connectivity index (χ1v) is 7.70. The Morgan fingerprint density at radius 2 is 2.00 bits per heavy atom. The Balaban J connectivity index is 2.49. The maximum atomic E-state index is 12.6. The van der Waals surface area contributed by atoms with E-state index in [0.717, 1.165) is 5.56 Å². The zero-order chi connectivity index (χ0) is 17.4. The molecule has 6 heteroatoms. The van der Waals surface area contributed by atoms with Gasteiger partial charge in [-0.15, -0.1) is 0 Å². The first-order valence-electron chi connectivity index (χ1n) is 7.70. The molecule has 1 heterocycles. The number of carboxylic acids is 1. The second-order valence-corrected chi connectivity index (χ2v) is 6.78. The summed E-state index contributed by atoms with van der Waals surface area (Å²) in [5.41, 5.74) is 0.562. The molecule has 0 radical (unpaired) electrons. The highest BCUT2D eigenvalue weighted by atomic mass is 16.6. The second kappa shape index (κ2) is 6.10. The molecule has 1 aromatic rings. The van der Waals surface area contributed by atoms with Crippen molar-refractivity contribution in [3.8, 4) is 5.75 Å². The Bertz CT molecular complexity index is 620. The first-order chi connectivity index (χ1) is 10.6. The van der Waals surface area contributed by atoms with Crippen LogP contribution in [0.2, 0.25) is 0 Å². The average molecular weight is 321 g/mol. The number of hydrogen-bond donors (Lipinski definition) is 2. The summed E-state index contributed by atoms with van der Waals surface area (Å²) in [4.78, 5) is 25.7. The van der Waals surface area contributed by atoms with Gasteiger partial charge < -0.3 is 14.9 Å². The fourth-order valence-electron chi connectivity index (χ4n) is 2.90. The number of aromatic hydroxyl groups is 1. The van der Waals surface area contributed by atoms with Crippen LogP contribution < -0.4 is 0 Å². The number of carboxylic acid groups (broad SMARTS) is 1. The molecule has 1 amide bonds. The lowest BCUT2D eigenvalue weighted by Gasteiger charge is -2.41. The molecule has 2 rings (SSSR count). The Morgan fingerprint density at radius 1 is 1.35 bits per heavy atom. The van der Waals surface area contributed by atoms with Gasteiger partial charge in [0.1, 0.15) is 11.4 Å². The van der Waals surface area contributed by atoms with E-state index >= 15 is 0 Å². The van der Waals surface area contributed by atoms with E-state index in [2.05, 4.69) is 0 Å². The van der Waals surface area contributed by atoms with Crippen LogP contribution in [0.5, 0.6) is 5.75 Å². The topological polar surface area (TPSA) is 87.1 Å². The molecular formula is C17H23NO5. The summed E-state index contributed by atoms with van der Waals surface area (Å²) in [7, 11) is 0. The molecule has 2 atom stereocenters. The van der Waals surface area contributed by atoms with Gasteiger partial charge in [-0.1, -0.05) is 13.0 Å². The summed E-state index contributed by atoms with van der Waals surface area (Å²) in [6.07, 6.45) is 0.504. The number of carbonyl (C=O) groups is 2. The van der Waals surface area contributed by atoms with Crippen molar-refractivity contribution in [2.45, 2.75) is 58.2 Å². The van der Waals surface area contributed by atoms with Gasteiger partial charge in [0, 0.05) is 6.04 Å². The molecule has 0 spiro atoms. The highest BCUT2D eigenvalue weighted by molar-refractivity contribution is 5.83. The van der Waals surface area contributed by atoms with Crippen molar-refractivity contribution in [2.75, 3.05) is 0 Å². The zero-order valence-corrected chi connectivity index (χ0v) is 13.9. The summed E-state index contributed by atoms with van der Waals surface area (Å²) >= 11 is 0. The molecular weight excluding hydrogens is 298 g/mol. The van der Waals surface area contributed by atoms with Gasteiger partial charge in [0.15, 0.2) is 6.04 Å². The van der Waals surface area contributed by atoms with Crippen LogP contribution in [0, 0.1) is 0 Å². The Morgan fingerprint density at radius 3 is 2.52 bits per heavy atom. The number of phenolic OH excluding ortho intramolecular Hbond substituents is 1. The molecule has 6 nitrogen and oxygen atoms in total. The molecule has 0 bridgehead atoms. The van der Waals surface area contributed by atoms with Crippen LogP contribution in [0.3, 0.4) is 0 Å². The number of phenols is 1. The van der Waals surface area contributed by atoms with E-state index in [9.17, 15) is 19.8 Å². The number of hydrogen-bond acceptors (Lipinski definition) is 4. The predicted molar refractivity (Wildman–Crippen MR) is 84.3 cm³/mol.